The molecule has 6 heteroatoms. The van der Waals surface area contributed by atoms with Gasteiger partial charge in [-0.3, -0.25) is 9.59 Å². The molecule has 6 nitrogen and oxygen atoms in total. The number of ether oxygens (including phenoxy) is 1. The minimum atomic E-state index is -0.840. The lowest BCUT2D eigenvalue weighted by atomic mass is 10.0. The maximum Gasteiger partial charge on any atom is 0.305 e. The number of hydrogen-bond donors (Lipinski definition) is 3. The van der Waals surface area contributed by atoms with Gasteiger partial charge in [-0.25, -0.2) is 0 Å². The number of rotatable bonds is 50. The highest BCUT2D eigenvalue weighted by molar-refractivity contribution is 5.76. The van der Waals surface area contributed by atoms with E-state index in [1.165, 1.54) is 218 Å². The van der Waals surface area contributed by atoms with Crippen LogP contribution in [0.15, 0.2) is 24.3 Å². The molecule has 0 radical (unpaired) electrons. The largest absolute Gasteiger partial charge is 0.466 e. The molecule has 1 amide bonds. The fourth-order valence-electron chi connectivity index (χ4n) is 8.26. The first-order valence-electron chi connectivity index (χ1n) is 27.1. The van der Waals surface area contributed by atoms with E-state index in [9.17, 15) is 19.8 Å². The first-order valence-corrected chi connectivity index (χ1v) is 27.1. The van der Waals surface area contributed by atoms with Crippen molar-refractivity contribution in [2.75, 3.05) is 13.2 Å². The van der Waals surface area contributed by atoms with Crippen molar-refractivity contribution in [3.05, 3.63) is 24.3 Å². The summed E-state index contributed by atoms with van der Waals surface area (Å²) < 4.78 is 5.45. The van der Waals surface area contributed by atoms with Crippen LogP contribution in [0.2, 0.25) is 0 Å². The molecule has 2 unspecified atom stereocenters. The molecule has 0 aliphatic rings. The molecule has 0 aromatic rings. The number of aliphatic hydroxyl groups excluding tert-OH is 2. The Morgan fingerprint density at radius 1 is 0.443 bits per heavy atom. The molecule has 0 aliphatic carbocycles. The molecule has 0 aliphatic heterocycles. The second-order valence-corrected chi connectivity index (χ2v) is 18.6. The van der Waals surface area contributed by atoms with Crippen molar-refractivity contribution in [2.24, 2.45) is 0 Å². The van der Waals surface area contributed by atoms with Gasteiger partial charge in [-0.2, -0.15) is 0 Å². The Balaban J connectivity index is 3.35. The molecule has 0 spiro atoms. The summed E-state index contributed by atoms with van der Waals surface area (Å²) in [6.45, 7) is 4.84. The van der Waals surface area contributed by atoms with E-state index in [0.717, 1.165) is 44.9 Å². The third kappa shape index (κ3) is 47.7. The van der Waals surface area contributed by atoms with Gasteiger partial charge < -0.3 is 20.3 Å². The van der Waals surface area contributed by atoms with Gasteiger partial charge in [-0.05, 0) is 51.4 Å². The van der Waals surface area contributed by atoms with Gasteiger partial charge in [0.05, 0.1) is 25.4 Å². The van der Waals surface area contributed by atoms with Gasteiger partial charge in [0.2, 0.25) is 5.91 Å². The van der Waals surface area contributed by atoms with Crippen molar-refractivity contribution >= 4 is 11.9 Å². The lowest BCUT2D eigenvalue weighted by Crippen LogP contribution is -2.45. The normalized spacial score (nSPS) is 12.8. The van der Waals surface area contributed by atoms with Crippen molar-refractivity contribution in [3.8, 4) is 0 Å². The van der Waals surface area contributed by atoms with Crippen LogP contribution in [0.3, 0.4) is 0 Å². The molecule has 0 saturated carbocycles. The summed E-state index contributed by atoms with van der Waals surface area (Å²) >= 11 is 0. The van der Waals surface area contributed by atoms with E-state index in [-0.39, 0.29) is 18.5 Å². The quantitative estimate of drug-likeness (QED) is 0.0322. The molecule has 2 atom stereocenters. The van der Waals surface area contributed by atoms with Crippen LogP contribution < -0.4 is 5.32 Å². The number of esters is 1. The number of carbonyl (C=O) groups excluding carboxylic acids is 2. The molecule has 360 valence electrons. The second-order valence-electron chi connectivity index (χ2n) is 18.6. The van der Waals surface area contributed by atoms with Crippen molar-refractivity contribution in [1.29, 1.82) is 0 Å². The molecular weight excluding hydrogens is 755 g/mol. The van der Waals surface area contributed by atoms with Crippen molar-refractivity contribution in [3.63, 3.8) is 0 Å². The summed E-state index contributed by atoms with van der Waals surface area (Å²) in [6.07, 6.45) is 60.6. The van der Waals surface area contributed by atoms with Crippen LogP contribution in [-0.2, 0) is 14.3 Å². The van der Waals surface area contributed by atoms with Crippen molar-refractivity contribution in [2.45, 2.75) is 302 Å². The Bertz CT molecular complexity index is 951. The zero-order chi connectivity index (χ0) is 44.4. The maximum absolute atomic E-state index is 12.4. The molecule has 0 saturated heterocycles. The lowest BCUT2D eigenvalue weighted by Gasteiger charge is -2.20. The molecule has 0 rings (SSSR count). The summed E-state index contributed by atoms with van der Waals surface area (Å²) in [5, 5.41) is 22.9. The van der Waals surface area contributed by atoms with Crippen LogP contribution in [0.25, 0.3) is 0 Å². The summed E-state index contributed by atoms with van der Waals surface area (Å²) in [4.78, 5) is 24.3. The lowest BCUT2D eigenvalue weighted by molar-refractivity contribution is -0.143. The van der Waals surface area contributed by atoms with E-state index in [0.29, 0.717) is 19.4 Å². The molecule has 0 aromatic carbocycles. The standard InChI is InChI=1S/C55H105NO5/c1-3-5-7-9-11-13-28-33-37-41-45-49-55(60)61-50-46-42-38-34-30-27-25-23-21-19-17-15-14-16-18-20-22-24-26-29-32-36-40-44-48-54(59)56-52(51-57)53(58)47-43-39-35-31-12-10-8-6-4-2/h9,11,43,47,52-53,57-58H,3-8,10,12-42,44-46,48-51H2,1-2H3,(H,56,59)/b11-9-,47-43+. The molecule has 0 aromatic heterocycles. The van der Waals surface area contributed by atoms with E-state index in [2.05, 4.69) is 31.3 Å². The third-order valence-electron chi connectivity index (χ3n) is 12.5. The number of amides is 1. The summed E-state index contributed by atoms with van der Waals surface area (Å²) in [7, 11) is 0. The maximum atomic E-state index is 12.4. The highest BCUT2D eigenvalue weighted by Crippen LogP contribution is 2.17. The number of nitrogens with one attached hydrogen (secondary N) is 1. The molecule has 61 heavy (non-hydrogen) atoms. The van der Waals surface area contributed by atoms with Gasteiger partial charge >= 0.3 is 5.97 Å². The first-order chi connectivity index (χ1) is 30.0. The second kappa shape index (κ2) is 51.0. The van der Waals surface area contributed by atoms with Crippen LogP contribution in [0, 0.1) is 0 Å². The van der Waals surface area contributed by atoms with E-state index < -0.39 is 12.1 Å². The minimum absolute atomic E-state index is 0.00341. The average Bonchev–Trinajstić information content (AvgIpc) is 3.26. The predicted molar refractivity (Wildman–Crippen MR) is 264 cm³/mol. The fraction of sp³-hybridized carbons (Fsp3) is 0.891. The molecule has 0 fully saturated rings. The Labute approximate surface area is 380 Å². The fourth-order valence-corrected chi connectivity index (χ4v) is 8.26. The first kappa shape index (κ1) is 59.3. The van der Waals surface area contributed by atoms with Crippen LogP contribution >= 0.6 is 0 Å². The van der Waals surface area contributed by atoms with E-state index in [4.69, 9.17) is 4.74 Å². The average molecular weight is 860 g/mol. The predicted octanol–water partition coefficient (Wildman–Crippen LogP) is 16.3. The Kier molecular flexibility index (Phi) is 49.6. The Morgan fingerprint density at radius 3 is 1.21 bits per heavy atom. The molecule has 3 N–H and O–H groups in total. The van der Waals surface area contributed by atoms with E-state index in [1.54, 1.807) is 6.08 Å². The zero-order valence-electron chi connectivity index (χ0n) is 40.9. The van der Waals surface area contributed by atoms with Gasteiger partial charge in [0, 0.05) is 12.8 Å². The van der Waals surface area contributed by atoms with Crippen LogP contribution in [0.1, 0.15) is 290 Å². The van der Waals surface area contributed by atoms with Crippen LogP contribution in [0.4, 0.5) is 0 Å². The zero-order valence-corrected chi connectivity index (χ0v) is 40.9. The number of unbranched alkanes of at least 4 members (excludes halogenated alkanes) is 37. The summed E-state index contributed by atoms with van der Waals surface area (Å²) in [5.74, 6) is -0.0660. The number of hydrogen-bond acceptors (Lipinski definition) is 5. The monoisotopic (exact) mass is 860 g/mol. The number of carbonyl (C=O) groups is 2. The minimum Gasteiger partial charge on any atom is -0.466 e. The van der Waals surface area contributed by atoms with Crippen molar-refractivity contribution in [1.82, 2.24) is 5.32 Å². The highest BCUT2D eigenvalue weighted by Gasteiger charge is 2.18. The van der Waals surface area contributed by atoms with Gasteiger partial charge in [0.15, 0.2) is 0 Å². The molecule has 0 bridgehead atoms. The van der Waals surface area contributed by atoms with Gasteiger partial charge in [0.25, 0.3) is 0 Å². The molecular formula is C55H105NO5. The summed E-state index contributed by atoms with van der Waals surface area (Å²) in [5.41, 5.74) is 0. The SMILES string of the molecule is CCCC/C=C\CCCCCCCC(=O)OCCCCCCCCCCCCCCCCCCCCCCCCCCC(=O)NC(CO)C(O)/C=C/CCCCCCCCC. The third-order valence-corrected chi connectivity index (χ3v) is 12.5. The van der Waals surface area contributed by atoms with Crippen LogP contribution in [0.5, 0.6) is 0 Å². The smallest absolute Gasteiger partial charge is 0.305 e. The van der Waals surface area contributed by atoms with Gasteiger partial charge in [-0.15, -0.1) is 0 Å². The Morgan fingerprint density at radius 2 is 0.787 bits per heavy atom. The van der Waals surface area contributed by atoms with Crippen molar-refractivity contribution < 1.29 is 24.5 Å². The Hall–Kier alpha value is -1.66. The van der Waals surface area contributed by atoms with Gasteiger partial charge in [0.1, 0.15) is 0 Å². The van der Waals surface area contributed by atoms with E-state index >= 15 is 0 Å². The number of aliphatic hydroxyl groups is 2. The number of allylic oxidation sites excluding steroid dienone is 3. The topological polar surface area (TPSA) is 95.9 Å². The molecule has 0 heterocycles. The van der Waals surface area contributed by atoms with E-state index in [1.807, 2.05) is 6.08 Å². The highest BCUT2D eigenvalue weighted by atomic mass is 16.5. The van der Waals surface area contributed by atoms with Gasteiger partial charge in [-0.1, -0.05) is 250 Å². The summed E-state index contributed by atoms with van der Waals surface area (Å²) in [6, 6.07) is -0.624. The van der Waals surface area contributed by atoms with Crippen LogP contribution in [-0.4, -0.2) is 47.4 Å².